The average molecular weight is 278 g/mol. The Morgan fingerprint density at radius 1 is 1.30 bits per heavy atom. The Balaban J connectivity index is 1.96. The topological polar surface area (TPSA) is 81.4 Å². The summed E-state index contributed by atoms with van der Waals surface area (Å²) in [5.74, 6) is -0.531. The van der Waals surface area contributed by atoms with Crippen LogP contribution < -0.4 is 0 Å². The van der Waals surface area contributed by atoms with Gasteiger partial charge in [-0.25, -0.2) is 0 Å². The molecule has 2 aliphatic rings. The summed E-state index contributed by atoms with van der Waals surface area (Å²) in [6.45, 7) is 1.33. The minimum atomic E-state index is -0.797. The smallest absolute Gasteiger partial charge is 0.303 e. The van der Waals surface area contributed by atoms with Gasteiger partial charge in [-0.15, -0.1) is 0 Å². The van der Waals surface area contributed by atoms with Crippen molar-refractivity contribution in [3.63, 3.8) is 0 Å². The van der Waals surface area contributed by atoms with E-state index in [4.69, 9.17) is 5.11 Å². The molecule has 1 heterocycles. The number of nitriles is 1. The van der Waals surface area contributed by atoms with Gasteiger partial charge in [0.1, 0.15) is 5.41 Å². The molecule has 2 fully saturated rings. The van der Waals surface area contributed by atoms with Gasteiger partial charge in [-0.1, -0.05) is 12.8 Å². The lowest BCUT2D eigenvalue weighted by atomic mass is 9.84. The Kier molecular flexibility index (Phi) is 4.64. The fourth-order valence-corrected chi connectivity index (χ4v) is 3.47. The quantitative estimate of drug-likeness (QED) is 0.854. The highest BCUT2D eigenvalue weighted by molar-refractivity contribution is 5.86. The second-order valence-corrected chi connectivity index (χ2v) is 6.09. The highest BCUT2D eigenvalue weighted by Gasteiger charge is 2.44. The third kappa shape index (κ3) is 3.12. The SMILES string of the molecule is N#CC1(C(=O)N2CCCC(CCC(=O)O)C2)CCCC1. The molecule has 20 heavy (non-hydrogen) atoms. The summed E-state index contributed by atoms with van der Waals surface area (Å²) in [5.41, 5.74) is -0.797. The van der Waals surface area contributed by atoms with Crippen LogP contribution >= 0.6 is 0 Å². The van der Waals surface area contributed by atoms with Crippen LogP contribution in [0.3, 0.4) is 0 Å². The Labute approximate surface area is 119 Å². The largest absolute Gasteiger partial charge is 0.481 e. The van der Waals surface area contributed by atoms with Crippen LogP contribution in [0.2, 0.25) is 0 Å². The lowest BCUT2D eigenvalue weighted by Crippen LogP contribution is -2.47. The van der Waals surface area contributed by atoms with Crippen LogP contribution in [0, 0.1) is 22.7 Å². The number of carbonyl (C=O) groups excluding carboxylic acids is 1. The molecule has 0 bridgehead atoms. The molecule has 1 atom stereocenters. The van der Waals surface area contributed by atoms with Crippen molar-refractivity contribution in [2.45, 2.75) is 51.4 Å². The minimum Gasteiger partial charge on any atom is -0.481 e. The molecule has 1 saturated carbocycles. The van der Waals surface area contributed by atoms with Gasteiger partial charge in [-0.05, 0) is 38.0 Å². The summed E-state index contributed by atoms with van der Waals surface area (Å²) in [5, 5.41) is 18.1. The maximum atomic E-state index is 12.6. The summed E-state index contributed by atoms with van der Waals surface area (Å²) < 4.78 is 0. The maximum Gasteiger partial charge on any atom is 0.303 e. The van der Waals surface area contributed by atoms with Crippen LogP contribution in [-0.4, -0.2) is 35.0 Å². The number of aliphatic carboxylic acids is 1. The number of carbonyl (C=O) groups is 2. The lowest BCUT2D eigenvalue weighted by molar-refractivity contribution is -0.140. The van der Waals surface area contributed by atoms with Crippen molar-refractivity contribution in [2.24, 2.45) is 11.3 Å². The van der Waals surface area contributed by atoms with Gasteiger partial charge in [0.25, 0.3) is 0 Å². The van der Waals surface area contributed by atoms with E-state index in [2.05, 4.69) is 6.07 Å². The van der Waals surface area contributed by atoms with Crippen LogP contribution in [0.4, 0.5) is 0 Å². The molecule has 0 radical (unpaired) electrons. The van der Waals surface area contributed by atoms with E-state index in [-0.39, 0.29) is 18.2 Å². The van der Waals surface area contributed by atoms with Crippen molar-refractivity contribution in [3.05, 3.63) is 0 Å². The van der Waals surface area contributed by atoms with Crippen LogP contribution in [-0.2, 0) is 9.59 Å². The van der Waals surface area contributed by atoms with Crippen molar-refractivity contribution in [1.82, 2.24) is 4.90 Å². The first-order valence-electron chi connectivity index (χ1n) is 7.50. The molecular weight excluding hydrogens is 256 g/mol. The molecular formula is C15H22N2O3. The van der Waals surface area contributed by atoms with Gasteiger partial charge < -0.3 is 10.0 Å². The van der Waals surface area contributed by atoms with Crippen molar-refractivity contribution in [3.8, 4) is 6.07 Å². The third-order valence-corrected chi connectivity index (χ3v) is 4.65. The molecule has 0 aromatic rings. The molecule has 2 rings (SSSR count). The molecule has 1 aliphatic heterocycles. The Bertz CT molecular complexity index is 421. The van der Waals surface area contributed by atoms with Crippen molar-refractivity contribution in [2.75, 3.05) is 13.1 Å². The molecule has 1 amide bonds. The van der Waals surface area contributed by atoms with Gasteiger partial charge in [0.05, 0.1) is 6.07 Å². The van der Waals surface area contributed by atoms with E-state index in [0.29, 0.717) is 32.4 Å². The van der Waals surface area contributed by atoms with Gasteiger partial charge in [0.2, 0.25) is 5.91 Å². The number of hydrogen-bond acceptors (Lipinski definition) is 3. The third-order valence-electron chi connectivity index (χ3n) is 4.65. The summed E-state index contributed by atoms with van der Waals surface area (Å²) >= 11 is 0. The number of piperidine rings is 1. The fraction of sp³-hybridized carbons (Fsp3) is 0.800. The highest BCUT2D eigenvalue weighted by Crippen LogP contribution is 2.40. The molecule has 1 saturated heterocycles. The minimum absolute atomic E-state index is 0.0162. The summed E-state index contributed by atoms with van der Waals surface area (Å²) in [4.78, 5) is 25.1. The molecule has 0 aromatic carbocycles. The standard InChI is InChI=1S/C15H22N2O3/c16-11-15(7-1-2-8-15)14(20)17-9-3-4-12(10-17)5-6-13(18)19/h12H,1-10H2,(H,18,19). The number of carboxylic acid groups (broad SMARTS) is 1. The van der Waals surface area contributed by atoms with Gasteiger partial charge in [-0.2, -0.15) is 5.26 Å². The maximum absolute atomic E-state index is 12.6. The van der Waals surface area contributed by atoms with E-state index < -0.39 is 11.4 Å². The molecule has 0 aromatic heterocycles. The summed E-state index contributed by atoms with van der Waals surface area (Å²) in [7, 11) is 0. The predicted octanol–water partition coefficient (Wildman–Crippen LogP) is 2.17. The van der Waals surface area contributed by atoms with Crippen LogP contribution in [0.1, 0.15) is 51.4 Å². The molecule has 1 unspecified atom stereocenters. The van der Waals surface area contributed by atoms with Crippen molar-refractivity contribution in [1.29, 1.82) is 5.26 Å². The Morgan fingerprint density at radius 2 is 2.00 bits per heavy atom. The zero-order valence-electron chi connectivity index (χ0n) is 11.8. The monoisotopic (exact) mass is 278 g/mol. The number of amides is 1. The van der Waals surface area contributed by atoms with Gasteiger partial charge in [0, 0.05) is 19.5 Å². The van der Waals surface area contributed by atoms with Gasteiger partial charge >= 0.3 is 5.97 Å². The Hall–Kier alpha value is -1.57. The van der Waals surface area contributed by atoms with Crippen LogP contribution in [0.5, 0.6) is 0 Å². The molecule has 5 heteroatoms. The van der Waals surface area contributed by atoms with E-state index in [9.17, 15) is 14.9 Å². The number of likely N-dealkylation sites (tertiary alicyclic amines) is 1. The second kappa shape index (κ2) is 6.25. The second-order valence-electron chi connectivity index (χ2n) is 6.09. The van der Waals surface area contributed by atoms with Crippen LogP contribution in [0.15, 0.2) is 0 Å². The number of rotatable bonds is 4. The fourth-order valence-electron chi connectivity index (χ4n) is 3.47. The normalized spacial score (nSPS) is 25.1. The molecule has 1 N–H and O–H groups in total. The van der Waals surface area contributed by atoms with Gasteiger partial charge in [-0.3, -0.25) is 9.59 Å². The Morgan fingerprint density at radius 3 is 2.60 bits per heavy atom. The van der Waals surface area contributed by atoms with E-state index in [1.54, 1.807) is 0 Å². The first-order valence-corrected chi connectivity index (χ1v) is 7.50. The predicted molar refractivity (Wildman–Crippen MR) is 72.7 cm³/mol. The first-order chi connectivity index (χ1) is 9.57. The van der Waals surface area contributed by atoms with Crippen LogP contribution in [0.25, 0.3) is 0 Å². The number of nitrogens with zero attached hydrogens (tertiary/aromatic N) is 2. The van der Waals surface area contributed by atoms with Crippen molar-refractivity contribution >= 4 is 11.9 Å². The first kappa shape index (κ1) is 14.8. The molecule has 0 spiro atoms. The zero-order chi connectivity index (χ0) is 14.6. The van der Waals surface area contributed by atoms with Gasteiger partial charge in [0.15, 0.2) is 0 Å². The summed E-state index contributed by atoms with van der Waals surface area (Å²) in [6.07, 6.45) is 5.95. The molecule has 110 valence electrons. The van der Waals surface area contributed by atoms with E-state index in [1.165, 1.54) is 0 Å². The lowest BCUT2D eigenvalue weighted by Gasteiger charge is -2.36. The summed E-state index contributed by atoms with van der Waals surface area (Å²) in [6, 6.07) is 2.25. The van der Waals surface area contributed by atoms with Crippen molar-refractivity contribution < 1.29 is 14.7 Å². The number of hydrogen-bond donors (Lipinski definition) is 1. The highest BCUT2D eigenvalue weighted by atomic mass is 16.4. The van der Waals surface area contributed by atoms with E-state index in [0.717, 1.165) is 25.7 Å². The molecule has 1 aliphatic carbocycles. The number of carboxylic acids is 1. The van der Waals surface area contributed by atoms with E-state index >= 15 is 0 Å². The molecule has 5 nitrogen and oxygen atoms in total. The van der Waals surface area contributed by atoms with E-state index in [1.807, 2.05) is 4.90 Å². The zero-order valence-corrected chi connectivity index (χ0v) is 11.8. The average Bonchev–Trinajstić information content (AvgIpc) is 2.94.